The summed E-state index contributed by atoms with van der Waals surface area (Å²) in [5.41, 5.74) is 4.07. The molecule has 4 aromatic rings. The van der Waals surface area contributed by atoms with Gasteiger partial charge in [0.2, 0.25) is 0 Å². The van der Waals surface area contributed by atoms with Gasteiger partial charge in [-0.3, -0.25) is 0 Å². The Morgan fingerprint density at radius 1 is 0.846 bits per heavy atom. The molecule has 0 amide bonds. The topological polar surface area (TPSA) is 22.4 Å². The lowest BCUT2D eigenvalue weighted by Gasteiger charge is -2.00. The second kappa shape index (κ2) is 7.21. The smallest absolute Gasteiger partial charge is 0.139 e. The second-order valence-corrected chi connectivity index (χ2v) is 5.98. The van der Waals surface area contributed by atoms with Gasteiger partial charge in [0.05, 0.1) is 7.11 Å². The molecule has 2 heteroatoms. The molecule has 0 radical (unpaired) electrons. The van der Waals surface area contributed by atoms with Crippen LogP contribution in [-0.2, 0) is 6.42 Å². The Morgan fingerprint density at radius 3 is 2.35 bits per heavy atom. The van der Waals surface area contributed by atoms with E-state index in [9.17, 15) is 0 Å². The summed E-state index contributed by atoms with van der Waals surface area (Å²) >= 11 is 0. The number of ether oxygens (including phenoxy) is 1. The lowest BCUT2D eigenvalue weighted by atomic mass is 10.0. The van der Waals surface area contributed by atoms with Gasteiger partial charge in [0, 0.05) is 28.5 Å². The van der Waals surface area contributed by atoms with Gasteiger partial charge in [-0.15, -0.1) is 0 Å². The summed E-state index contributed by atoms with van der Waals surface area (Å²) in [6.07, 6.45) is 0.632. The highest BCUT2D eigenvalue weighted by atomic mass is 16.5. The summed E-state index contributed by atoms with van der Waals surface area (Å²) in [6, 6.07) is 26.1. The van der Waals surface area contributed by atoms with Crippen LogP contribution in [0.15, 0.2) is 83.3 Å². The first-order chi connectivity index (χ1) is 12.8. The fourth-order valence-electron chi connectivity index (χ4n) is 3.01. The highest BCUT2D eigenvalue weighted by Gasteiger charge is 2.14. The maximum Gasteiger partial charge on any atom is 0.139 e. The Bertz CT molecular complexity index is 1080. The lowest BCUT2D eigenvalue weighted by Crippen LogP contribution is -1.85. The van der Waals surface area contributed by atoms with E-state index in [0.717, 1.165) is 39.2 Å². The number of methoxy groups -OCH3 is 1. The quantitative estimate of drug-likeness (QED) is 0.447. The summed E-state index contributed by atoms with van der Waals surface area (Å²) in [4.78, 5) is 0. The van der Waals surface area contributed by atoms with Gasteiger partial charge in [0.15, 0.2) is 0 Å². The van der Waals surface area contributed by atoms with Crippen LogP contribution in [0.2, 0.25) is 0 Å². The molecule has 0 saturated carbocycles. The van der Waals surface area contributed by atoms with Crippen molar-refractivity contribution in [1.29, 1.82) is 0 Å². The van der Waals surface area contributed by atoms with Gasteiger partial charge in [-0.1, -0.05) is 60.4 Å². The first-order valence-corrected chi connectivity index (χ1v) is 8.54. The Morgan fingerprint density at radius 2 is 1.58 bits per heavy atom. The van der Waals surface area contributed by atoms with Crippen LogP contribution in [0.1, 0.15) is 11.1 Å². The zero-order chi connectivity index (χ0) is 17.8. The minimum absolute atomic E-state index is 0.632. The predicted molar refractivity (Wildman–Crippen MR) is 105 cm³/mol. The van der Waals surface area contributed by atoms with Crippen LogP contribution in [-0.4, -0.2) is 7.11 Å². The molecule has 4 rings (SSSR count). The molecule has 0 unspecified atom stereocenters. The molecular formula is C24H18O2. The largest absolute Gasteiger partial charge is 0.497 e. The molecule has 1 aromatic heterocycles. The normalized spacial score (nSPS) is 10.3. The van der Waals surface area contributed by atoms with Gasteiger partial charge in [-0.05, 0) is 30.3 Å². The minimum Gasteiger partial charge on any atom is -0.497 e. The number of hydrogen-bond acceptors (Lipinski definition) is 2. The molecule has 0 saturated heterocycles. The molecule has 0 fully saturated rings. The van der Waals surface area contributed by atoms with Gasteiger partial charge in [0.1, 0.15) is 17.1 Å². The van der Waals surface area contributed by atoms with Crippen LogP contribution >= 0.6 is 0 Å². The van der Waals surface area contributed by atoms with E-state index in [1.54, 1.807) is 7.11 Å². The van der Waals surface area contributed by atoms with Crippen molar-refractivity contribution in [3.63, 3.8) is 0 Å². The van der Waals surface area contributed by atoms with E-state index in [1.165, 1.54) is 0 Å². The van der Waals surface area contributed by atoms with Crippen LogP contribution in [0.3, 0.4) is 0 Å². The van der Waals surface area contributed by atoms with Crippen molar-refractivity contribution >= 4 is 11.0 Å². The average Bonchev–Trinajstić information content (AvgIpc) is 3.08. The van der Waals surface area contributed by atoms with Crippen molar-refractivity contribution in [3.8, 4) is 28.9 Å². The maximum atomic E-state index is 6.13. The van der Waals surface area contributed by atoms with Gasteiger partial charge in [-0.2, -0.15) is 0 Å². The highest BCUT2D eigenvalue weighted by Crippen LogP contribution is 2.33. The Kier molecular flexibility index (Phi) is 4.45. The summed E-state index contributed by atoms with van der Waals surface area (Å²) in [6.45, 7) is 0. The average molecular weight is 338 g/mol. The predicted octanol–water partition coefficient (Wildman–Crippen LogP) is 5.70. The SMILES string of the molecule is COc1ccc(C#CCc2c(-c3ccccc3)oc3ccccc23)cc1. The third-order valence-electron chi connectivity index (χ3n) is 4.32. The van der Waals surface area contributed by atoms with Crippen molar-refractivity contribution in [1.82, 2.24) is 0 Å². The van der Waals surface area contributed by atoms with E-state index < -0.39 is 0 Å². The molecule has 0 aliphatic heterocycles. The number of benzene rings is 3. The maximum absolute atomic E-state index is 6.13. The molecular weight excluding hydrogens is 320 g/mol. The van der Waals surface area contributed by atoms with Crippen LogP contribution < -0.4 is 4.74 Å². The van der Waals surface area contributed by atoms with Crippen LogP contribution in [0.25, 0.3) is 22.3 Å². The van der Waals surface area contributed by atoms with E-state index in [1.807, 2.05) is 60.7 Å². The van der Waals surface area contributed by atoms with Crippen LogP contribution in [0, 0.1) is 11.8 Å². The number of furan rings is 1. The molecule has 0 aliphatic rings. The van der Waals surface area contributed by atoms with Crippen molar-refractivity contribution in [2.75, 3.05) is 7.11 Å². The van der Waals surface area contributed by atoms with E-state index >= 15 is 0 Å². The summed E-state index contributed by atoms with van der Waals surface area (Å²) < 4.78 is 11.3. The number of rotatable bonds is 3. The van der Waals surface area contributed by atoms with Gasteiger partial charge in [-0.25, -0.2) is 0 Å². The summed E-state index contributed by atoms with van der Waals surface area (Å²) in [5.74, 6) is 8.26. The molecule has 26 heavy (non-hydrogen) atoms. The molecule has 0 bridgehead atoms. The molecule has 0 spiro atoms. The number of fused-ring (bicyclic) bond motifs is 1. The van der Waals surface area contributed by atoms with E-state index in [4.69, 9.17) is 9.15 Å². The molecule has 0 atom stereocenters. The van der Waals surface area contributed by atoms with Crippen LogP contribution in [0.4, 0.5) is 0 Å². The summed E-state index contributed by atoms with van der Waals surface area (Å²) in [7, 11) is 1.66. The van der Waals surface area contributed by atoms with Gasteiger partial charge in [0.25, 0.3) is 0 Å². The van der Waals surface area contributed by atoms with Crippen molar-refractivity contribution in [3.05, 3.63) is 90.0 Å². The van der Waals surface area contributed by atoms with E-state index in [2.05, 4.69) is 30.0 Å². The van der Waals surface area contributed by atoms with Gasteiger partial charge >= 0.3 is 0 Å². The van der Waals surface area contributed by atoms with Crippen molar-refractivity contribution in [2.24, 2.45) is 0 Å². The zero-order valence-electron chi connectivity index (χ0n) is 14.5. The Labute approximate surface area is 153 Å². The third-order valence-corrected chi connectivity index (χ3v) is 4.32. The summed E-state index contributed by atoms with van der Waals surface area (Å²) in [5, 5.41) is 1.12. The number of para-hydroxylation sites is 1. The lowest BCUT2D eigenvalue weighted by molar-refractivity contribution is 0.415. The first kappa shape index (κ1) is 16.1. The monoisotopic (exact) mass is 338 g/mol. The Balaban J connectivity index is 1.70. The van der Waals surface area contributed by atoms with Crippen molar-refractivity contribution < 1.29 is 9.15 Å². The molecule has 3 aromatic carbocycles. The Hall–Kier alpha value is -3.44. The first-order valence-electron chi connectivity index (χ1n) is 8.54. The minimum atomic E-state index is 0.632. The van der Waals surface area contributed by atoms with Gasteiger partial charge < -0.3 is 9.15 Å². The molecule has 2 nitrogen and oxygen atoms in total. The van der Waals surface area contributed by atoms with Crippen LogP contribution in [0.5, 0.6) is 5.75 Å². The standard InChI is InChI=1S/C24H18O2/c1-25-20-16-14-18(15-17-20)8-7-12-22-21-11-5-6-13-23(21)26-24(22)19-9-3-2-4-10-19/h2-6,9-11,13-17H,12H2,1H3. The van der Waals surface area contributed by atoms with Crippen molar-refractivity contribution in [2.45, 2.75) is 6.42 Å². The van der Waals surface area contributed by atoms with E-state index in [0.29, 0.717) is 6.42 Å². The third kappa shape index (κ3) is 3.20. The number of hydrogen-bond donors (Lipinski definition) is 0. The fourth-order valence-corrected chi connectivity index (χ4v) is 3.01. The molecule has 1 heterocycles. The zero-order valence-corrected chi connectivity index (χ0v) is 14.5. The molecule has 0 N–H and O–H groups in total. The second-order valence-electron chi connectivity index (χ2n) is 5.98. The molecule has 126 valence electrons. The fraction of sp³-hybridized carbons (Fsp3) is 0.0833. The molecule has 0 aliphatic carbocycles. The van der Waals surface area contributed by atoms with E-state index in [-0.39, 0.29) is 0 Å². The highest BCUT2D eigenvalue weighted by molar-refractivity contribution is 5.88.